The monoisotopic (exact) mass is 715 g/mol. The average Bonchev–Trinajstić information content (AvgIpc) is 3.37. The number of aromatic nitrogens is 5. The van der Waals surface area contributed by atoms with Gasteiger partial charge in [0.05, 0.1) is 34.9 Å². The normalized spacial score (nSPS) is 19.8. The number of thioether (sulfide) groups is 1. The van der Waals surface area contributed by atoms with Gasteiger partial charge >= 0.3 is 11.9 Å². The molecule has 0 aliphatic carbocycles. The van der Waals surface area contributed by atoms with Gasteiger partial charge in [-0.1, -0.05) is 18.2 Å². The van der Waals surface area contributed by atoms with E-state index >= 15 is 17.6 Å². The fraction of sp³-hybridized carbons (Fsp3) is 0.303. The summed E-state index contributed by atoms with van der Waals surface area (Å²) in [5, 5.41) is 4.66. The Morgan fingerprint density at radius 3 is 2.53 bits per heavy atom. The molecule has 0 unspecified atom stereocenters. The summed E-state index contributed by atoms with van der Waals surface area (Å²) < 4.78 is 78.1. The molecular weight excluding hydrogens is 689 g/mol. The number of nitrogens with zero attached hydrogens (tertiary/aromatic N) is 7. The number of halogens is 6. The molecule has 7 rings (SSSR count). The molecule has 0 radical (unpaired) electrons. The van der Waals surface area contributed by atoms with Crippen molar-refractivity contribution in [3.63, 3.8) is 0 Å². The van der Waals surface area contributed by atoms with E-state index in [0.717, 1.165) is 29.3 Å². The molecule has 2 aromatic carbocycles. The second-order valence-electron chi connectivity index (χ2n) is 12.1. The molecule has 16 heteroatoms. The molecule has 5 heterocycles. The number of alkyl halides is 3. The number of carbonyl (C=O) groups is 1. The van der Waals surface area contributed by atoms with Gasteiger partial charge in [0.15, 0.2) is 5.65 Å². The van der Waals surface area contributed by atoms with Crippen molar-refractivity contribution in [2.24, 2.45) is 0 Å². The minimum atomic E-state index is -5.02. The first-order valence-corrected chi connectivity index (χ1v) is 16.6. The second-order valence-corrected chi connectivity index (χ2v) is 13.6. The first-order valence-electron chi connectivity index (χ1n) is 15.2. The summed E-state index contributed by atoms with van der Waals surface area (Å²) in [5.41, 5.74) is -2.46. The van der Waals surface area contributed by atoms with Gasteiger partial charge in [0.25, 0.3) is 0 Å². The second kappa shape index (κ2) is 12.1. The van der Waals surface area contributed by atoms with Crippen LogP contribution in [0.1, 0.15) is 25.5 Å². The van der Waals surface area contributed by atoms with Gasteiger partial charge < -0.3 is 9.80 Å². The van der Waals surface area contributed by atoms with E-state index in [2.05, 4.69) is 21.6 Å². The molecule has 0 bridgehead atoms. The van der Waals surface area contributed by atoms with Crippen LogP contribution in [0.5, 0.6) is 0 Å². The minimum absolute atomic E-state index is 0.00168. The molecule has 1 fully saturated rings. The number of carbonyl (C=O) groups excluding carboxylic acids is 1. The molecule has 2 aliphatic heterocycles. The SMILES string of the molecule is C=CC(=O)N1[C@H](C)CN(c2nc(=O)n3c4c(c(-c5cc(Cl)c(F)cc5F)c(C(F)(F)F)cc24)SC[C@@H](n2ncc4cccnc42)C3)C[C@@H]1C. The van der Waals surface area contributed by atoms with Gasteiger partial charge in [-0.05, 0) is 44.2 Å². The van der Waals surface area contributed by atoms with Crippen molar-refractivity contribution in [1.82, 2.24) is 29.2 Å². The van der Waals surface area contributed by atoms with Crippen LogP contribution in [0.4, 0.5) is 27.8 Å². The quantitative estimate of drug-likeness (QED) is 0.116. The third-order valence-electron chi connectivity index (χ3n) is 8.95. The van der Waals surface area contributed by atoms with E-state index in [9.17, 15) is 14.0 Å². The van der Waals surface area contributed by atoms with Crippen molar-refractivity contribution in [3.8, 4) is 11.1 Å². The molecule has 254 valence electrons. The van der Waals surface area contributed by atoms with Crippen LogP contribution in [-0.2, 0) is 17.5 Å². The smallest absolute Gasteiger partial charge is 0.352 e. The lowest BCUT2D eigenvalue weighted by Crippen LogP contribution is -2.58. The zero-order valence-electron chi connectivity index (χ0n) is 26.0. The maximum Gasteiger partial charge on any atom is 0.417 e. The molecule has 1 amide bonds. The summed E-state index contributed by atoms with van der Waals surface area (Å²) in [6.07, 6.45) is -0.634. The Morgan fingerprint density at radius 2 is 1.84 bits per heavy atom. The predicted molar refractivity (Wildman–Crippen MR) is 177 cm³/mol. The first kappa shape index (κ1) is 33.0. The number of rotatable bonds is 4. The lowest BCUT2D eigenvalue weighted by Gasteiger charge is -2.44. The van der Waals surface area contributed by atoms with Crippen LogP contribution in [0, 0.1) is 11.6 Å². The number of benzene rings is 2. The fourth-order valence-corrected chi connectivity index (χ4v) is 8.41. The molecular formula is C33H27ClF5N7O2S. The molecule has 0 spiro atoms. The molecule has 9 nitrogen and oxygen atoms in total. The lowest BCUT2D eigenvalue weighted by atomic mass is 9.95. The lowest BCUT2D eigenvalue weighted by molar-refractivity contribution is -0.137. The topological polar surface area (TPSA) is 89.2 Å². The highest BCUT2D eigenvalue weighted by Gasteiger charge is 2.40. The number of hydrogen-bond acceptors (Lipinski definition) is 7. The number of amides is 1. The summed E-state index contributed by atoms with van der Waals surface area (Å²) in [7, 11) is 0. The van der Waals surface area contributed by atoms with Crippen LogP contribution in [0.15, 0.2) is 65.1 Å². The number of fused-ring (bicyclic) bond motifs is 1. The standard InChI is InChI=1S/C33H27ClF5N7O2S/c1-4-26(47)45-16(2)12-43(13-17(45)3)31-21-8-22(33(37,38)39)27(20-9-23(34)25(36)10-24(20)35)29-28(21)44(32(48)42-31)14-19(15-49-29)46-30-18(11-41-46)6-5-7-40-30/h4-11,16-17,19H,1,12-15H2,2-3H3/t16-,17+,19-/m0/s1. The van der Waals surface area contributed by atoms with Crippen molar-refractivity contribution in [2.75, 3.05) is 23.7 Å². The Hall–Kier alpha value is -4.50. The van der Waals surface area contributed by atoms with Crippen LogP contribution < -0.4 is 10.6 Å². The van der Waals surface area contributed by atoms with Crippen LogP contribution >= 0.6 is 23.4 Å². The van der Waals surface area contributed by atoms with Crippen molar-refractivity contribution >= 4 is 57.0 Å². The van der Waals surface area contributed by atoms with E-state index in [4.69, 9.17) is 11.6 Å². The molecule has 3 aromatic heterocycles. The number of hydrogen-bond donors (Lipinski definition) is 0. The van der Waals surface area contributed by atoms with E-state index in [1.54, 1.807) is 46.8 Å². The number of anilines is 1. The highest BCUT2D eigenvalue weighted by atomic mass is 35.5. The zero-order chi connectivity index (χ0) is 34.9. The van der Waals surface area contributed by atoms with Gasteiger partial charge in [-0.2, -0.15) is 23.3 Å². The van der Waals surface area contributed by atoms with Crippen LogP contribution in [-0.4, -0.2) is 66.0 Å². The molecule has 0 saturated carbocycles. The maximum atomic E-state index is 15.5. The van der Waals surface area contributed by atoms with Gasteiger partial charge in [0.1, 0.15) is 17.5 Å². The third-order valence-corrected chi connectivity index (χ3v) is 10.5. The van der Waals surface area contributed by atoms with Gasteiger partial charge in [-0.3, -0.25) is 9.36 Å². The summed E-state index contributed by atoms with van der Waals surface area (Å²) >= 11 is 7.01. The van der Waals surface area contributed by atoms with Crippen LogP contribution in [0.3, 0.4) is 0 Å². The van der Waals surface area contributed by atoms with E-state index in [1.165, 1.54) is 10.6 Å². The minimum Gasteiger partial charge on any atom is -0.352 e. The van der Waals surface area contributed by atoms with Crippen LogP contribution in [0.25, 0.3) is 33.1 Å². The summed E-state index contributed by atoms with van der Waals surface area (Å²) in [6.45, 7) is 7.43. The van der Waals surface area contributed by atoms with Crippen molar-refractivity contribution in [1.29, 1.82) is 0 Å². The third kappa shape index (κ3) is 5.52. The number of piperazine rings is 1. The molecule has 0 N–H and O–H groups in total. The predicted octanol–water partition coefficient (Wildman–Crippen LogP) is 6.72. The van der Waals surface area contributed by atoms with Gasteiger partial charge in [-0.25, -0.2) is 23.2 Å². The molecule has 5 aromatic rings. The van der Waals surface area contributed by atoms with Gasteiger partial charge in [0, 0.05) is 70.0 Å². The van der Waals surface area contributed by atoms with E-state index in [-0.39, 0.29) is 52.9 Å². The molecule has 1 saturated heterocycles. The highest BCUT2D eigenvalue weighted by molar-refractivity contribution is 7.99. The molecule has 2 aliphatic rings. The van der Waals surface area contributed by atoms with Crippen molar-refractivity contribution in [3.05, 3.63) is 88.1 Å². The Morgan fingerprint density at radius 1 is 1.10 bits per heavy atom. The van der Waals surface area contributed by atoms with Gasteiger partial charge in [0.2, 0.25) is 5.91 Å². The van der Waals surface area contributed by atoms with E-state index < -0.39 is 63.3 Å². The highest BCUT2D eigenvalue weighted by Crippen LogP contribution is 2.50. The number of pyridine rings is 1. The Balaban J connectivity index is 1.51. The fourth-order valence-electron chi connectivity index (χ4n) is 6.92. The maximum absolute atomic E-state index is 15.5. The molecule has 49 heavy (non-hydrogen) atoms. The summed E-state index contributed by atoms with van der Waals surface area (Å²) in [6, 6.07) is 4.30. The first-order chi connectivity index (χ1) is 23.3. The average molecular weight is 716 g/mol. The van der Waals surface area contributed by atoms with Crippen molar-refractivity contribution < 1.29 is 26.7 Å². The largest absolute Gasteiger partial charge is 0.417 e. The zero-order valence-corrected chi connectivity index (χ0v) is 27.6. The van der Waals surface area contributed by atoms with E-state index in [1.807, 2.05) is 6.07 Å². The Kier molecular flexibility index (Phi) is 8.17. The van der Waals surface area contributed by atoms with Gasteiger partial charge in [-0.15, -0.1) is 11.8 Å². The van der Waals surface area contributed by atoms with Crippen LogP contribution in [0.2, 0.25) is 5.02 Å². The summed E-state index contributed by atoms with van der Waals surface area (Å²) in [5.74, 6) is -2.56. The summed E-state index contributed by atoms with van der Waals surface area (Å²) in [4.78, 5) is 38.7. The van der Waals surface area contributed by atoms with Crippen molar-refractivity contribution in [2.45, 2.75) is 49.6 Å². The Labute approximate surface area is 285 Å². The molecule has 3 atom stereocenters. The Bertz CT molecular complexity index is 2230. The van der Waals surface area contributed by atoms with E-state index in [0.29, 0.717) is 11.7 Å².